The second-order valence-electron chi connectivity index (χ2n) is 3.43. The third-order valence-electron chi connectivity index (χ3n) is 2.13. The van der Waals surface area contributed by atoms with E-state index in [0.29, 0.717) is 22.3 Å². The van der Waals surface area contributed by atoms with Crippen LogP contribution in [0.15, 0.2) is 22.7 Å². The zero-order valence-electron chi connectivity index (χ0n) is 8.77. The van der Waals surface area contributed by atoms with Gasteiger partial charge in [0.2, 0.25) is 0 Å². The van der Waals surface area contributed by atoms with Crippen LogP contribution in [0.3, 0.4) is 0 Å². The Morgan fingerprint density at radius 3 is 2.94 bits per heavy atom. The van der Waals surface area contributed by atoms with Gasteiger partial charge in [-0.3, -0.25) is 0 Å². The number of aromatic hydroxyl groups is 1. The molecule has 0 saturated carbocycles. The Morgan fingerprint density at radius 2 is 2.25 bits per heavy atom. The minimum absolute atomic E-state index is 0.0409. The van der Waals surface area contributed by atoms with Crippen molar-refractivity contribution in [2.24, 2.45) is 0 Å². The second kappa shape index (κ2) is 4.53. The molecule has 1 aromatic heterocycles. The Bertz CT molecular complexity index is 496. The van der Waals surface area contributed by atoms with Crippen LogP contribution >= 0.6 is 11.6 Å². The fourth-order valence-corrected chi connectivity index (χ4v) is 1.54. The first-order valence-electron chi connectivity index (χ1n) is 5.02. The molecule has 0 bridgehead atoms. The molecule has 1 aromatic carbocycles. The maximum absolute atomic E-state index is 9.67. The van der Waals surface area contributed by atoms with E-state index >= 15 is 0 Å². The number of phenolic OH excluding ortho intramolecular Hbond substituents is 1. The van der Waals surface area contributed by atoms with Crippen LogP contribution < -0.4 is 0 Å². The SMILES string of the molecule is CCCc1noc(-c2ccc(Cl)cc2O)n1. The topological polar surface area (TPSA) is 59.2 Å². The summed E-state index contributed by atoms with van der Waals surface area (Å²) < 4.78 is 5.06. The number of benzene rings is 1. The maximum atomic E-state index is 9.67. The minimum Gasteiger partial charge on any atom is -0.507 e. The van der Waals surface area contributed by atoms with Gasteiger partial charge in [-0.1, -0.05) is 23.7 Å². The number of nitrogens with zero attached hydrogens (tertiary/aromatic N) is 2. The zero-order valence-corrected chi connectivity index (χ0v) is 9.53. The molecule has 0 amide bonds. The molecule has 0 saturated heterocycles. The van der Waals surface area contributed by atoms with Gasteiger partial charge in [0.25, 0.3) is 5.89 Å². The van der Waals surface area contributed by atoms with Crippen LogP contribution in [0.1, 0.15) is 19.2 Å². The fraction of sp³-hybridized carbons (Fsp3) is 0.273. The molecular formula is C11H11ClN2O2. The van der Waals surface area contributed by atoms with E-state index in [9.17, 15) is 5.11 Å². The predicted molar refractivity (Wildman–Crippen MR) is 60.4 cm³/mol. The van der Waals surface area contributed by atoms with Gasteiger partial charge in [-0.05, 0) is 24.6 Å². The van der Waals surface area contributed by atoms with E-state index in [-0.39, 0.29) is 5.75 Å². The molecule has 0 aliphatic carbocycles. The lowest BCUT2D eigenvalue weighted by Gasteiger charge is -1.98. The highest BCUT2D eigenvalue weighted by molar-refractivity contribution is 6.30. The molecule has 0 fully saturated rings. The largest absolute Gasteiger partial charge is 0.507 e. The Hall–Kier alpha value is -1.55. The van der Waals surface area contributed by atoms with Gasteiger partial charge in [-0.15, -0.1) is 0 Å². The van der Waals surface area contributed by atoms with Crippen molar-refractivity contribution >= 4 is 11.6 Å². The van der Waals surface area contributed by atoms with Crippen molar-refractivity contribution in [1.82, 2.24) is 10.1 Å². The fourth-order valence-electron chi connectivity index (χ4n) is 1.37. The zero-order chi connectivity index (χ0) is 11.5. The molecule has 1 N–H and O–H groups in total. The molecule has 16 heavy (non-hydrogen) atoms. The van der Waals surface area contributed by atoms with Crippen LogP contribution in [0, 0.1) is 0 Å². The molecule has 84 valence electrons. The second-order valence-corrected chi connectivity index (χ2v) is 3.86. The van der Waals surface area contributed by atoms with Gasteiger partial charge in [0.15, 0.2) is 5.82 Å². The lowest BCUT2D eigenvalue weighted by atomic mass is 10.2. The number of phenols is 1. The van der Waals surface area contributed by atoms with Crippen molar-refractivity contribution in [1.29, 1.82) is 0 Å². The Balaban J connectivity index is 2.35. The molecule has 0 aliphatic heterocycles. The molecule has 0 unspecified atom stereocenters. The van der Waals surface area contributed by atoms with Gasteiger partial charge in [-0.2, -0.15) is 4.98 Å². The lowest BCUT2D eigenvalue weighted by Crippen LogP contribution is -1.85. The standard InChI is InChI=1S/C11H11ClN2O2/c1-2-3-10-13-11(16-14-10)8-5-4-7(12)6-9(8)15/h4-6,15H,2-3H2,1H3. The number of halogens is 1. The maximum Gasteiger partial charge on any atom is 0.261 e. The lowest BCUT2D eigenvalue weighted by molar-refractivity contribution is 0.417. The number of hydrogen-bond donors (Lipinski definition) is 1. The predicted octanol–water partition coefficient (Wildman–Crippen LogP) is 3.05. The van der Waals surface area contributed by atoms with Crippen LogP contribution in [0.4, 0.5) is 0 Å². The van der Waals surface area contributed by atoms with E-state index in [0.717, 1.165) is 12.8 Å². The minimum atomic E-state index is 0.0409. The molecule has 1 heterocycles. The summed E-state index contributed by atoms with van der Waals surface area (Å²) in [6.45, 7) is 2.04. The molecule has 0 atom stereocenters. The molecule has 0 radical (unpaired) electrons. The number of rotatable bonds is 3. The smallest absolute Gasteiger partial charge is 0.261 e. The van der Waals surface area contributed by atoms with Crippen LogP contribution in [0.2, 0.25) is 5.02 Å². The van der Waals surface area contributed by atoms with E-state index in [1.54, 1.807) is 12.1 Å². The van der Waals surface area contributed by atoms with Crippen molar-refractivity contribution in [2.45, 2.75) is 19.8 Å². The normalized spacial score (nSPS) is 10.6. The van der Waals surface area contributed by atoms with Gasteiger partial charge < -0.3 is 9.63 Å². The van der Waals surface area contributed by atoms with Gasteiger partial charge in [0.1, 0.15) is 5.75 Å². The van der Waals surface area contributed by atoms with E-state index in [1.807, 2.05) is 6.92 Å². The first kappa shape index (κ1) is 11.0. The molecule has 5 heteroatoms. The van der Waals surface area contributed by atoms with Gasteiger partial charge in [-0.25, -0.2) is 0 Å². The van der Waals surface area contributed by atoms with E-state index in [4.69, 9.17) is 16.1 Å². The summed E-state index contributed by atoms with van der Waals surface area (Å²) in [5, 5.41) is 14.0. The molecule has 4 nitrogen and oxygen atoms in total. The quantitative estimate of drug-likeness (QED) is 0.893. The van der Waals surface area contributed by atoms with Crippen molar-refractivity contribution in [3.05, 3.63) is 29.0 Å². The first-order chi connectivity index (χ1) is 7.70. The highest BCUT2D eigenvalue weighted by atomic mass is 35.5. The van der Waals surface area contributed by atoms with Crippen LogP contribution in [0.5, 0.6) is 5.75 Å². The summed E-state index contributed by atoms with van der Waals surface area (Å²) in [4.78, 5) is 4.18. The van der Waals surface area contributed by atoms with Gasteiger partial charge in [0, 0.05) is 11.4 Å². The molecular weight excluding hydrogens is 228 g/mol. The van der Waals surface area contributed by atoms with Gasteiger partial charge in [0.05, 0.1) is 5.56 Å². The third kappa shape index (κ3) is 2.17. The van der Waals surface area contributed by atoms with Crippen molar-refractivity contribution in [3.63, 3.8) is 0 Å². The molecule has 2 aromatic rings. The number of aryl methyl sites for hydroxylation is 1. The number of hydrogen-bond acceptors (Lipinski definition) is 4. The molecule has 0 spiro atoms. The van der Waals surface area contributed by atoms with Crippen molar-refractivity contribution in [3.8, 4) is 17.2 Å². The Kier molecular flexibility index (Phi) is 3.10. The highest BCUT2D eigenvalue weighted by Crippen LogP contribution is 2.30. The summed E-state index contributed by atoms with van der Waals surface area (Å²) in [5.41, 5.74) is 0.499. The summed E-state index contributed by atoms with van der Waals surface area (Å²) in [6, 6.07) is 4.77. The number of aromatic nitrogens is 2. The Labute approximate surface area is 97.9 Å². The molecule has 0 aliphatic rings. The highest BCUT2D eigenvalue weighted by Gasteiger charge is 2.12. The van der Waals surface area contributed by atoms with Crippen LogP contribution in [-0.2, 0) is 6.42 Å². The molecule has 2 rings (SSSR count). The summed E-state index contributed by atoms with van der Waals surface area (Å²) >= 11 is 5.73. The monoisotopic (exact) mass is 238 g/mol. The van der Waals surface area contributed by atoms with Crippen molar-refractivity contribution in [2.75, 3.05) is 0 Å². The average molecular weight is 239 g/mol. The average Bonchev–Trinajstić information content (AvgIpc) is 2.67. The first-order valence-corrected chi connectivity index (χ1v) is 5.40. The summed E-state index contributed by atoms with van der Waals surface area (Å²) in [5.74, 6) is 1.00. The van der Waals surface area contributed by atoms with E-state index < -0.39 is 0 Å². The van der Waals surface area contributed by atoms with Crippen LogP contribution in [-0.4, -0.2) is 15.2 Å². The van der Waals surface area contributed by atoms with Gasteiger partial charge >= 0.3 is 0 Å². The van der Waals surface area contributed by atoms with E-state index in [1.165, 1.54) is 6.07 Å². The Morgan fingerprint density at radius 1 is 1.44 bits per heavy atom. The summed E-state index contributed by atoms with van der Waals surface area (Å²) in [6.07, 6.45) is 1.71. The summed E-state index contributed by atoms with van der Waals surface area (Å²) in [7, 11) is 0. The third-order valence-corrected chi connectivity index (χ3v) is 2.37. The van der Waals surface area contributed by atoms with Crippen LogP contribution in [0.25, 0.3) is 11.5 Å². The van der Waals surface area contributed by atoms with Crippen molar-refractivity contribution < 1.29 is 9.63 Å². The van der Waals surface area contributed by atoms with E-state index in [2.05, 4.69) is 10.1 Å².